The number of aryl methyl sites for hydroxylation is 3. The molecule has 26 heavy (non-hydrogen) atoms. The second-order valence-electron chi connectivity index (χ2n) is 7.02. The Morgan fingerprint density at radius 1 is 1.04 bits per heavy atom. The van der Waals surface area contributed by atoms with Crippen LogP contribution in [0.3, 0.4) is 0 Å². The van der Waals surface area contributed by atoms with Crippen LogP contribution in [0.1, 0.15) is 28.7 Å². The molecule has 2 atom stereocenters. The molecule has 2 aromatic rings. The molecule has 1 aliphatic rings. The van der Waals surface area contributed by atoms with E-state index in [1.165, 1.54) is 0 Å². The molecule has 0 radical (unpaired) electrons. The third-order valence-corrected chi connectivity index (χ3v) is 5.16. The van der Waals surface area contributed by atoms with Crippen LogP contribution in [0.2, 0.25) is 5.02 Å². The zero-order valence-corrected chi connectivity index (χ0v) is 16.0. The molecular weight excluding hydrogens is 348 g/mol. The lowest BCUT2D eigenvalue weighted by atomic mass is 10.1. The molecule has 0 saturated heterocycles. The molecular formula is C21H23ClN2O2. The Balaban J connectivity index is 1.56. The molecule has 0 aliphatic heterocycles. The summed E-state index contributed by atoms with van der Waals surface area (Å²) in [4.78, 5) is 24.8. The van der Waals surface area contributed by atoms with Crippen molar-refractivity contribution >= 4 is 29.1 Å². The van der Waals surface area contributed by atoms with Gasteiger partial charge in [0, 0.05) is 6.54 Å². The predicted molar refractivity (Wildman–Crippen MR) is 104 cm³/mol. The van der Waals surface area contributed by atoms with Crippen LogP contribution in [0.4, 0.5) is 5.69 Å². The normalized spacial score (nSPS) is 18.3. The number of carbonyl (C=O) groups excluding carboxylic acids is 2. The van der Waals surface area contributed by atoms with E-state index < -0.39 is 0 Å². The van der Waals surface area contributed by atoms with Gasteiger partial charge in [0.15, 0.2) is 0 Å². The van der Waals surface area contributed by atoms with Crippen LogP contribution in [0.15, 0.2) is 36.4 Å². The summed E-state index contributed by atoms with van der Waals surface area (Å²) in [7, 11) is 0. The number of carbonyl (C=O) groups is 2. The second kappa shape index (κ2) is 7.50. The molecule has 1 fully saturated rings. The number of anilines is 1. The van der Waals surface area contributed by atoms with E-state index in [4.69, 9.17) is 11.6 Å². The summed E-state index contributed by atoms with van der Waals surface area (Å²) in [5, 5.41) is 6.35. The maximum Gasteiger partial charge on any atom is 0.228 e. The van der Waals surface area contributed by atoms with Gasteiger partial charge in [-0.15, -0.1) is 0 Å². The van der Waals surface area contributed by atoms with Gasteiger partial charge in [-0.1, -0.05) is 41.9 Å². The first-order chi connectivity index (χ1) is 12.4. The van der Waals surface area contributed by atoms with Crippen LogP contribution in [0.5, 0.6) is 0 Å². The molecule has 2 aromatic carbocycles. The molecule has 2 amide bonds. The van der Waals surface area contributed by atoms with Crippen molar-refractivity contribution in [3.05, 3.63) is 63.7 Å². The van der Waals surface area contributed by atoms with Crippen LogP contribution >= 0.6 is 11.6 Å². The monoisotopic (exact) mass is 370 g/mol. The second-order valence-corrected chi connectivity index (χ2v) is 7.43. The number of amides is 2. The van der Waals surface area contributed by atoms with Crippen molar-refractivity contribution in [1.29, 1.82) is 0 Å². The summed E-state index contributed by atoms with van der Waals surface area (Å²) < 4.78 is 0. The van der Waals surface area contributed by atoms with Crippen molar-refractivity contribution in [2.75, 3.05) is 5.32 Å². The van der Waals surface area contributed by atoms with E-state index in [0.29, 0.717) is 23.7 Å². The number of nitrogens with one attached hydrogen (secondary N) is 2. The molecule has 0 aromatic heterocycles. The highest BCUT2D eigenvalue weighted by atomic mass is 35.5. The largest absolute Gasteiger partial charge is 0.352 e. The molecule has 0 heterocycles. The van der Waals surface area contributed by atoms with Gasteiger partial charge in [-0.2, -0.15) is 0 Å². The SMILES string of the molecule is Cc1cc(C)c(NC(=O)C2CC2C(=O)NCc2ccccc2C)c(Cl)c1. The van der Waals surface area contributed by atoms with Gasteiger partial charge in [0.05, 0.1) is 22.5 Å². The fourth-order valence-corrected chi connectivity index (χ4v) is 3.55. The van der Waals surface area contributed by atoms with Gasteiger partial charge in [-0.3, -0.25) is 9.59 Å². The van der Waals surface area contributed by atoms with Crippen LogP contribution in [-0.2, 0) is 16.1 Å². The van der Waals surface area contributed by atoms with Crippen molar-refractivity contribution < 1.29 is 9.59 Å². The third kappa shape index (κ3) is 4.07. The minimum absolute atomic E-state index is 0.0693. The van der Waals surface area contributed by atoms with Crippen LogP contribution in [0, 0.1) is 32.6 Å². The van der Waals surface area contributed by atoms with Crippen molar-refractivity contribution in [2.45, 2.75) is 33.7 Å². The Labute approximate surface area is 158 Å². The zero-order chi connectivity index (χ0) is 18.8. The van der Waals surface area contributed by atoms with Gasteiger partial charge in [0.1, 0.15) is 0 Å². The topological polar surface area (TPSA) is 58.2 Å². The maximum absolute atomic E-state index is 12.5. The summed E-state index contributed by atoms with van der Waals surface area (Å²) in [6.07, 6.45) is 0.577. The summed E-state index contributed by atoms with van der Waals surface area (Å²) in [6.45, 7) is 6.37. The van der Waals surface area contributed by atoms with Gasteiger partial charge in [-0.05, 0) is 55.5 Å². The number of halogens is 1. The average molecular weight is 371 g/mol. The highest BCUT2D eigenvalue weighted by Crippen LogP contribution is 2.40. The molecule has 4 nitrogen and oxygen atoms in total. The van der Waals surface area contributed by atoms with Crippen LogP contribution in [0.25, 0.3) is 0 Å². The predicted octanol–water partition coefficient (Wildman–Crippen LogP) is 4.16. The van der Waals surface area contributed by atoms with Gasteiger partial charge < -0.3 is 10.6 Å². The summed E-state index contributed by atoms with van der Waals surface area (Å²) in [5.41, 5.74) is 4.83. The number of rotatable bonds is 5. The number of hydrogen-bond acceptors (Lipinski definition) is 2. The lowest BCUT2D eigenvalue weighted by Gasteiger charge is -2.12. The van der Waals surface area contributed by atoms with E-state index in [0.717, 1.165) is 22.3 Å². The lowest BCUT2D eigenvalue weighted by molar-refractivity contribution is -0.125. The molecule has 0 bridgehead atoms. The first-order valence-corrected chi connectivity index (χ1v) is 9.14. The molecule has 1 aliphatic carbocycles. The van der Waals surface area contributed by atoms with E-state index in [1.807, 2.05) is 57.2 Å². The van der Waals surface area contributed by atoms with Crippen LogP contribution in [-0.4, -0.2) is 11.8 Å². The molecule has 2 N–H and O–H groups in total. The molecule has 3 rings (SSSR count). The summed E-state index contributed by atoms with van der Waals surface area (Å²) in [5.74, 6) is -0.762. The van der Waals surface area contributed by atoms with E-state index >= 15 is 0 Å². The minimum Gasteiger partial charge on any atom is -0.352 e. The van der Waals surface area contributed by atoms with Crippen molar-refractivity contribution in [1.82, 2.24) is 5.32 Å². The van der Waals surface area contributed by atoms with Gasteiger partial charge in [-0.25, -0.2) is 0 Å². The Morgan fingerprint density at radius 2 is 1.73 bits per heavy atom. The fraction of sp³-hybridized carbons (Fsp3) is 0.333. The van der Waals surface area contributed by atoms with Crippen LogP contribution < -0.4 is 10.6 Å². The molecule has 136 valence electrons. The molecule has 0 spiro atoms. The van der Waals surface area contributed by atoms with Crippen molar-refractivity contribution in [3.63, 3.8) is 0 Å². The van der Waals surface area contributed by atoms with Crippen molar-refractivity contribution in [3.8, 4) is 0 Å². The molecule has 2 unspecified atom stereocenters. The van der Waals surface area contributed by atoms with E-state index in [9.17, 15) is 9.59 Å². The summed E-state index contributed by atoms with van der Waals surface area (Å²) in [6, 6.07) is 11.7. The van der Waals surface area contributed by atoms with Gasteiger partial charge >= 0.3 is 0 Å². The van der Waals surface area contributed by atoms with Gasteiger partial charge in [0.2, 0.25) is 11.8 Å². The quantitative estimate of drug-likeness (QED) is 0.830. The van der Waals surface area contributed by atoms with E-state index in [2.05, 4.69) is 10.6 Å². The first-order valence-electron chi connectivity index (χ1n) is 8.76. The Bertz CT molecular complexity index is 840. The lowest BCUT2D eigenvalue weighted by Crippen LogP contribution is -2.27. The van der Waals surface area contributed by atoms with E-state index in [1.54, 1.807) is 0 Å². The Kier molecular flexibility index (Phi) is 5.33. The minimum atomic E-state index is -0.288. The standard InChI is InChI=1S/C21H23ClN2O2/c1-12-8-14(3)19(18(22)9-12)24-21(26)17-10-16(17)20(25)23-11-15-7-5-4-6-13(15)2/h4-9,16-17H,10-11H2,1-3H3,(H,23,25)(H,24,26). The maximum atomic E-state index is 12.5. The zero-order valence-electron chi connectivity index (χ0n) is 15.2. The van der Waals surface area contributed by atoms with Gasteiger partial charge in [0.25, 0.3) is 0 Å². The highest BCUT2D eigenvalue weighted by Gasteiger charge is 2.48. The molecule has 5 heteroatoms. The fourth-order valence-electron chi connectivity index (χ4n) is 3.19. The number of hydrogen-bond donors (Lipinski definition) is 2. The summed E-state index contributed by atoms with van der Waals surface area (Å²) >= 11 is 6.24. The Morgan fingerprint density at radius 3 is 2.42 bits per heavy atom. The van der Waals surface area contributed by atoms with E-state index in [-0.39, 0.29) is 23.7 Å². The molecule has 1 saturated carbocycles. The number of benzene rings is 2. The highest BCUT2D eigenvalue weighted by molar-refractivity contribution is 6.34. The Hall–Kier alpha value is -2.33. The smallest absolute Gasteiger partial charge is 0.228 e. The third-order valence-electron chi connectivity index (χ3n) is 4.86. The first kappa shape index (κ1) is 18.5. The van der Waals surface area contributed by atoms with Crippen molar-refractivity contribution in [2.24, 2.45) is 11.8 Å². The average Bonchev–Trinajstić information content (AvgIpc) is 3.38.